The molecule has 0 aromatic rings. The monoisotopic (exact) mass is 141 g/mol. The Morgan fingerprint density at radius 3 is 2.20 bits per heavy atom. The maximum absolute atomic E-state index is 8.26. The lowest BCUT2D eigenvalue weighted by molar-refractivity contribution is -0.879. The molecule has 0 bridgehead atoms. The molecule has 1 saturated heterocycles. The van der Waals surface area contributed by atoms with Crippen molar-refractivity contribution in [1.82, 2.24) is 0 Å². The van der Waals surface area contributed by atoms with Gasteiger partial charge in [0.1, 0.15) is 6.07 Å². The molecule has 0 aliphatic carbocycles. The first-order valence-corrected chi connectivity index (χ1v) is 4.14. The average Bonchev–Trinajstić information content (AvgIpc) is 2.46. The van der Waals surface area contributed by atoms with Crippen molar-refractivity contribution >= 4 is 0 Å². The molecular formula is C8H17N2+. The Balaban J connectivity index is 0.000000371. The van der Waals surface area contributed by atoms with Gasteiger partial charge < -0.3 is 4.90 Å². The molecule has 2 heteroatoms. The maximum Gasteiger partial charge on any atom is 0.165 e. The number of nitrogens with zero attached hydrogens (tertiary/aromatic N) is 1. The van der Waals surface area contributed by atoms with Crippen molar-refractivity contribution in [3.63, 3.8) is 0 Å². The SMILES string of the molecule is CC.N#CC[NH+]1CCCC1. The van der Waals surface area contributed by atoms with Gasteiger partial charge in [0.05, 0.1) is 13.1 Å². The Morgan fingerprint density at radius 2 is 1.80 bits per heavy atom. The van der Waals surface area contributed by atoms with E-state index in [4.69, 9.17) is 5.26 Å². The van der Waals surface area contributed by atoms with Crippen molar-refractivity contribution in [1.29, 1.82) is 5.26 Å². The van der Waals surface area contributed by atoms with Gasteiger partial charge in [0.2, 0.25) is 0 Å². The van der Waals surface area contributed by atoms with E-state index in [0.29, 0.717) is 6.54 Å². The number of quaternary nitrogens is 1. The Hall–Kier alpha value is -0.550. The van der Waals surface area contributed by atoms with Crippen LogP contribution in [0.4, 0.5) is 0 Å². The van der Waals surface area contributed by atoms with Gasteiger partial charge >= 0.3 is 0 Å². The highest BCUT2D eigenvalue weighted by Crippen LogP contribution is 1.85. The van der Waals surface area contributed by atoms with Crippen molar-refractivity contribution in [3.8, 4) is 6.07 Å². The number of nitriles is 1. The average molecular weight is 141 g/mol. The van der Waals surface area contributed by atoms with Crippen LogP contribution in [-0.4, -0.2) is 19.6 Å². The van der Waals surface area contributed by atoms with Crippen LogP contribution < -0.4 is 4.90 Å². The van der Waals surface area contributed by atoms with E-state index in [2.05, 4.69) is 6.07 Å². The van der Waals surface area contributed by atoms with Crippen molar-refractivity contribution < 1.29 is 4.90 Å². The lowest BCUT2D eigenvalue weighted by Crippen LogP contribution is -3.09. The third-order valence-electron chi connectivity index (χ3n) is 1.64. The van der Waals surface area contributed by atoms with Crippen molar-refractivity contribution in [2.45, 2.75) is 26.7 Å². The fourth-order valence-corrected chi connectivity index (χ4v) is 1.16. The molecule has 2 nitrogen and oxygen atoms in total. The molecule has 0 aromatic carbocycles. The quantitative estimate of drug-likeness (QED) is 0.520. The smallest absolute Gasteiger partial charge is 0.165 e. The van der Waals surface area contributed by atoms with Gasteiger partial charge in [-0.25, -0.2) is 0 Å². The summed E-state index contributed by atoms with van der Waals surface area (Å²) in [6.07, 6.45) is 2.63. The van der Waals surface area contributed by atoms with Crippen LogP contribution in [0.2, 0.25) is 0 Å². The molecular weight excluding hydrogens is 124 g/mol. The molecule has 1 fully saturated rings. The van der Waals surface area contributed by atoms with E-state index >= 15 is 0 Å². The van der Waals surface area contributed by atoms with Gasteiger partial charge in [-0.05, 0) is 0 Å². The van der Waals surface area contributed by atoms with Crippen molar-refractivity contribution in [2.24, 2.45) is 0 Å². The molecule has 0 saturated carbocycles. The Labute approximate surface area is 63.4 Å². The summed E-state index contributed by atoms with van der Waals surface area (Å²) in [6.45, 7) is 7.14. The minimum atomic E-state index is 0.708. The van der Waals surface area contributed by atoms with Crippen LogP contribution in [0.3, 0.4) is 0 Å². The predicted molar refractivity (Wildman–Crippen MR) is 41.8 cm³/mol. The Kier molecular flexibility index (Phi) is 6.21. The zero-order valence-corrected chi connectivity index (χ0v) is 6.98. The van der Waals surface area contributed by atoms with Crippen LogP contribution >= 0.6 is 0 Å². The van der Waals surface area contributed by atoms with E-state index in [9.17, 15) is 0 Å². The van der Waals surface area contributed by atoms with Gasteiger partial charge in [-0.1, -0.05) is 13.8 Å². The zero-order valence-electron chi connectivity index (χ0n) is 6.98. The lowest BCUT2D eigenvalue weighted by Gasteiger charge is -2.03. The molecule has 0 radical (unpaired) electrons. The number of likely N-dealkylation sites (tertiary alicyclic amines) is 1. The molecule has 1 rings (SSSR count). The van der Waals surface area contributed by atoms with Gasteiger partial charge in [-0.15, -0.1) is 0 Å². The molecule has 10 heavy (non-hydrogen) atoms. The summed E-state index contributed by atoms with van der Waals surface area (Å²) in [5.41, 5.74) is 0. The molecule has 1 aliphatic heterocycles. The van der Waals surface area contributed by atoms with Crippen LogP contribution in [0.15, 0.2) is 0 Å². The maximum atomic E-state index is 8.26. The largest absolute Gasteiger partial charge is 0.323 e. The van der Waals surface area contributed by atoms with E-state index in [0.717, 1.165) is 0 Å². The lowest BCUT2D eigenvalue weighted by atomic mass is 10.4. The van der Waals surface area contributed by atoms with E-state index in [1.807, 2.05) is 13.8 Å². The first kappa shape index (κ1) is 9.45. The molecule has 0 amide bonds. The first-order valence-electron chi connectivity index (χ1n) is 4.14. The van der Waals surface area contributed by atoms with Gasteiger partial charge in [0.25, 0.3) is 0 Å². The van der Waals surface area contributed by atoms with Gasteiger partial charge in [0, 0.05) is 12.8 Å². The summed E-state index contributed by atoms with van der Waals surface area (Å²) >= 11 is 0. The molecule has 0 unspecified atom stereocenters. The van der Waals surface area contributed by atoms with E-state index in [-0.39, 0.29) is 0 Å². The Morgan fingerprint density at radius 1 is 1.30 bits per heavy atom. The third kappa shape index (κ3) is 3.47. The van der Waals surface area contributed by atoms with Crippen LogP contribution in [-0.2, 0) is 0 Å². The minimum Gasteiger partial charge on any atom is -0.323 e. The van der Waals surface area contributed by atoms with Gasteiger partial charge in [-0.3, -0.25) is 0 Å². The van der Waals surface area contributed by atoms with E-state index in [1.54, 1.807) is 0 Å². The topological polar surface area (TPSA) is 28.2 Å². The number of nitrogens with one attached hydrogen (secondary N) is 1. The van der Waals surface area contributed by atoms with Crippen LogP contribution in [0.25, 0.3) is 0 Å². The van der Waals surface area contributed by atoms with Crippen LogP contribution in [0.5, 0.6) is 0 Å². The summed E-state index contributed by atoms with van der Waals surface area (Å²) in [5, 5.41) is 8.26. The molecule has 1 N–H and O–H groups in total. The molecule has 0 aromatic heterocycles. The summed E-state index contributed by atoms with van der Waals surface area (Å²) in [7, 11) is 0. The first-order chi connectivity index (χ1) is 4.93. The molecule has 0 atom stereocenters. The van der Waals surface area contributed by atoms with Crippen molar-refractivity contribution in [3.05, 3.63) is 0 Å². The standard InChI is InChI=1S/C6H10N2.C2H6/c7-3-6-8-4-1-2-5-8;1-2/h1-2,4-6H2;1-2H3/p+1. The van der Waals surface area contributed by atoms with Gasteiger partial charge in [-0.2, -0.15) is 5.26 Å². The molecule has 58 valence electrons. The normalized spacial score (nSPS) is 17.3. The second kappa shape index (κ2) is 6.57. The number of hydrogen-bond donors (Lipinski definition) is 1. The molecule has 1 heterocycles. The minimum absolute atomic E-state index is 0.708. The van der Waals surface area contributed by atoms with Gasteiger partial charge in [0.15, 0.2) is 6.54 Å². The van der Waals surface area contributed by atoms with Crippen LogP contribution in [0.1, 0.15) is 26.7 Å². The third-order valence-corrected chi connectivity index (χ3v) is 1.64. The summed E-state index contributed by atoms with van der Waals surface area (Å²) in [6, 6.07) is 2.17. The fourth-order valence-electron chi connectivity index (χ4n) is 1.16. The summed E-state index contributed by atoms with van der Waals surface area (Å²) in [5.74, 6) is 0. The van der Waals surface area contributed by atoms with Crippen molar-refractivity contribution in [2.75, 3.05) is 19.6 Å². The van der Waals surface area contributed by atoms with E-state index in [1.165, 1.54) is 30.8 Å². The highest BCUT2D eigenvalue weighted by molar-refractivity contribution is 4.66. The predicted octanol–water partition coefficient (Wildman–Crippen LogP) is 0.215. The molecule has 0 spiro atoms. The Bertz CT molecular complexity index is 98.3. The summed E-state index contributed by atoms with van der Waals surface area (Å²) in [4.78, 5) is 1.47. The molecule has 1 aliphatic rings. The van der Waals surface area contributed by atoms with Crippen LogP contribution in [0, 0.1) is 11.3 Å². The second-order valence-corrected chi connectivity index (χ2v) is 2.29. The second-order valence-electron chi connectivity index (χ2n) is 2.29. The summed E-state index contributed by atoms with van der Waals surface area (Å²) < 4.78 is 0. The highest BCUT2D eigenvalue weighted by Gasteiger charge is 2.13. The van der Waals surface area contributed by atoms with E-state index < -0.39 is 0 Å². The fraction of sp³-hybridized carbons (Fsp3) is 0.875. The zero-order chi connectivity index (χ0) is 7.82. The highest BCUT2D eigenvalue weighted by atomic mass is 15.1. The number of hydrogen-bond acceptors (Lipinski definition) is 1. The number of rotatable bonds is 1.